The number of aryl methyl sites for hydroxylation is 1. The molecule has 0 atom stereocenters. The van der Waals surface area contributed by atoms with E-state index >= 15 is 0 Å². The van der Waals surface area contributed by atoms with E-state index in [1.807, 2.05) is 0 Å². The van der Waals surface area contributed by atoms with Crippen LogP contribution in [0.25, 0.3) is 10.2 Å². The Kier molecular flexibility index (Phi) is 2.79. The monoisotopic (exact) mass is 248 g/mol. The number of hydrogen-bond donors (Lipinski definition) is 1. The predicted molar refractivity (Wildman–Crippen MR) is 75.6 cm³/mol. The van der Waals surface area contributed by atoms with Gasteiger partial charge in [0.05, 0.1) is 10.2 Å². The standard InChI is InChI=1S/C14H20N2S/c1-9-6-7-10-11(8-9)17-12(16-10)13(2,3)14(4,5)15/h6-8H,15H2,1-5H3. The second kappa shape index (κ2) is 3.79. The topological polar surface area (TPSA) is 38.9 Å². The first kappa shape index (κ1) is 12.5. The van der Waals surface area contributed by atoms with Crippen molar-refractivity contribution in [3.63, 3.8) is 0 Å². The number of aromatic nitrogens is 1. The molecule has 1 heterocycles. The summed E-state index contributed by atoms with van der Waals surface area (Å²) in [6.45, 7) is 10.6. The van der Waals surface area contributed by atoms with E-state index < -0.39 is 0 Å². The molecule has 2 rings (SSSR count). The van der Waals surface area contributed by atoms with E-state index in [1.54, 1.807) is 11.3 Å². The zero-order chi connectivity index (χ0) is 12.8. The van der Waals surface area contributed by atoms with Crippen molar-refractivity contribution in [3.05, 3.63) is 28.8 Å². The van der Waals surface area contributed by atoms with Gasteiger partial charge < -0.3 is 5.73 Å². The van der Waals surface area contributed by atoms with E-state index in [1.165, 1.54) is 10.3 Å². The Labute approximate surface area is 107 Å². The molecule has 92 valence electrons. The molecule has 2 aromatic rings. The largest absolute Gasteiger partial charge is 0.325 e. The highest BCUT2D eigenvalue weighted by molar-refractivity contribution is 7.18. The summed E-state index contributed by atoms with van der Waals surface area (Å²) in [6.07, 6.45) is 0. The van der Waals surface area contributed by atoms with Crippen LogP contribution in [0.4, 0.5) is 0 Å². The lowest BCUT2D eigenvalue weighted by Crippen LogP contribution is -2.50. The van der Waals surface area contributed by atoms with Gasteiger partial charge in [0.2, 0.25) is 0 Å². The molecule has 3 heteroatoms. The van der Waals surface area contributed by atoms with E-state index in [-0.39, 0.29) is 11.0 Å². The zero-order valence-electron chi connectivity index (χ0n) is 11.2. The SMILES string of the molecule is Cc1ccc2nc(C(C)(C)C(C)(C)N)sc2c1. The summed E-state index contributed by atoms with van der Waals surface area (Å²) < 4.78 is 1.25. The van der Waals surface area contributed by atoms with Crippen molar-refractivity contribution in [1.29, 1.82) is 0 Å². The first-order chi connectivity index (χ1) is 7.72. The van der Waals surface area contributed by atoms with Crippen LogP contribution in [-0.4, -0.2) is 10.5 Å². The summed E-state index contributed by atoms with van der Waals surface area (Å²) in [6, 6.07) is 6.38. The lowest BCUT2D eigenvalue weighted by atomic mass is 9.76. The summed E-state index contributed by atoms with van der Waals surface area (Å²) >= 11 is 1.75. The molecule has 0 amide bonds. The molecule has 0 aliphatic carbocycles. The molecule has 0 bridgehead atoms. The van der Waals surface area contributed by atoms with Gasteiger partial charge in [-0.15, -0.1) is 11.3 Å². The molecule has 0 saturated carbocycles. The van der Waals surface area contributed by atoms with E-state index in [0.717, 1.165) is 10.5 Å². The average Bonchev–Trinajstić information content (AvgIpc) is 2.58. The van der Waals surface area contributed by atoms with Crippen molar-refractivity contribution < 1.29 is 0 Å². The molecule has 0 saturated heterocycles. The highest BCUT2D eigenvalue weighted by Gasteiger charge is 2.37. The zero-order valence-corrected chi connectivity index (χ0v) is 12.0. The Morgan fingerprint density at radius 2 is 1.82 bits per heavy atom. The highest BCUT2D eigenvalue weighted by atomic mass is 32.1. The van der Waals surface area contributed by atoms with Crippen LogP contribution < -0.4 is 5.73 Å². The molecule has 1 aromatic carbocycles. The molecule has 0 aliphatic heterocycles. The van der Waals surface area contributed by atoms with Crippen LogP contribution in [-0.2, 0) is 5.41 Å². The van der Waals surface area contributed by atoms with Crippen LogP contribution in [0.15, 0.2) is 18.2 Å². The van der Waals surface area contributed by atoms with Crippen LogP contribution in [0.3, 0.4) is 0 Å². The summed E-state index contributed by atoms with van der Waals surface area (Å²) in [5.74, 6) is 0. The Balaban J connectivity index is 2.57. The average molecular weight is 248 g/mol. The van der Waals surface area contributed by atoms with E-state index in [4.69, 9.17) is 10.7 Å². The van der Waals surface area contributed by atoms with Crippen molar-refractivity contribution in [3.8, 4) is 0 Å². The minimum Gasteiger partial charge on any atom is -0.325 e. The Bertz CT molecular complexity index is 547. The number of rotatable bonds is 2. The Morgan fingerprint density at radius 3 is 2.41 bits per heavy atom. The molecule has 2 N–H and O–H groups in total. The van der Waals surface area contributed by atoms with Crippen molar-refractivity contribution in [2.75, 3.05) is 0 Å². The minimum absolute atomic E-state index is 0.120. The maximum absolute atomic E-state index is 6.26. The van der Waals surface area contributed by atoms with Gasteiger partial charge in [0.25, 0.3) is 0 Å². The van der Waals surface area contributed by atoms with Gasteiger partial charge in [-0.1, -0.05) is 19.9 Å². The van der Waals surface area contributed by atoms with Crippen molar-refractivity contribution in [1.82, 2.24) is 4.98 Å². The maximum Gasteiger partial charge on any atom is 0.101 e. The third-order valence-corrected chi connectivity index (χ3v) is 5.03. The van der Waals surface area contributed by atoms with Crippen LogP contribution in [0.2, 0.25) is 0 Å². The summed E-state index contributed by atoms with van der Waals surface area (Å²) in [7, 11) is 0. The molecule has 0 radical (unpaired) electrons. The van der Waals surface area contributed by atoms with E-state index in [0.29, 0.717) is 0 Å². The van der Waals surface area contributed by atoms with Gasteiger partial charge in [-0.2, -0.15) is 0 Å². The number of nitrogens with two attached hydrogens (primary N) is 1. The van der Waals surface area contributed by atoms with Crippen LogP contribution in [0.1, 0.15) is 38.3 Å². The number of benzene rings is 1. The lowest BCUT2D eigenvalue weighted by Gasteiger charge is -2.36. The van der Waals surface area contributed by atoms with Gasteiger partial charge in [-0.05, 0) is 38.5 Å². The van der Waals surface area contributed by atoms with Crippen LogP contribution in [0.5, 0.6) is 0 Å². The normalized spacial score (nSPS) is 13.3. The van der Waals surface area contributed by atoms with Gasteiger partial charge in [-0.25, -0.2) is 4.98 Å². The Hall–Kier alpha value is -0.930. The fourth-order valence-electron chi connectivity index (χ4n) is 1.57. The van der Waals surface area contributed by atoms with Gasteiger partial charge in [0.15, 0.2) is 0 Å². The predicted octanol–water partition coefficient (Wildman–Crippen LogP) is 3.62. The fourth-order valence-corrected chi connectivity index (χ4v) is 2.91. The number of thiazole rings is 1. The molecule has 0 aliphatic rings. The minimum atomic E-state index is -0.282. The third kappa shape index (κ3) is 2.09. The molecule has 17 heavy (non-hydrogen) atoms. The van der Waals surface area contributed by atoms with Gasteiger partial charge in [0.1, 0.15) is 5.01 Å². The molecule has 1 aromatic heterocycles. The van der Waals surface area contributed by atoms with Gasteiger partial charge in [-0.3, -0.25) is 0 Å². The third-order valence-electron chi connectivity index (χ3n) is 3.69. The first-order valence-electron chi connectivity index (χ1n) is 5.88. The molecular formula is C14H20N2S. The molecule has 2 nitrogen and oxygen atoms in total. The number of fused-ring (bicyclic) bond motifs is 1. The van der Waals surface area contributed by atoms with Crippen molar-refractivity contribution >= 4 is 21.6 Å². The summed E-state index contributed by atoms with van der Waals surface area (Å²) in [5.41, 5.74) is 8.21. The lowest BCUT2D eigenvalue weighted by molar-refractivity contribution is 0.306. The van der Waals surface area contributed by atoms with E-state index in [2.05, 4.69) is 52.8 Å². The number of hydrogen-bond acceptors (Lipinski definition) is 3. The Morgan fingerprint density at radius 1 is 1.18 bits per heavy atom. The molecular weight excluding hydrogens is 228 g/mol. The number of nitrogens with zero attached hydrogens (tertiary/aromatic N) is 1. The van der Waals surface area contributed by atoms with Gasteiger partial charge >= 0.3 is 0 Å². The summed E-state index contributed by atoms with van der Waals surface area (Å²) in [5, 5.41) is 1.12. The molecule has 0 unspecified atom stereocenters. The highest BCUT2D eigenvalue weighted by Crippen LogP contribution is 2.37. The second-order valence-electron chi connectivity index (χ2n) is 5.84. The van der Waals surface area contributed by atoms with Gasteiger partial charge in [0, 0.05) is 11.0 Å². The maximum atomic E-state index is 6.26. The molecule has 0 fully saturated rings. The first-order valence-corrected chi connectivity index (χ1v) is 6.70. The van der Waals surface area contributed by atoms with E-state index in [9.17, 15) is 0 Å². The molecule has 0 spiro atoms. The quantitative estimate of drug-likeness (QED) is 0.881. The van der Waals surface area contributed by atoms with Crippen LogP contribution >= 0.6 is 11.3 Å². The summed E-state index contributed by atoms with van der Waals surface area (Å²) in [4.78, 5) is 4.73. The smallest absolute Gasteiger partial charge is 0.101 e. The second-order valence-corrected chi connectivity index (χ2v) is 6.87. The van der Waals surface area contributed by atoms with Crippen molar-refractivity contribution in [2.45, 2.75) is 45.6 Å². The fraction of sp³-hybridized carbons (Fsp3) is 0.500. The van der Waals surface area contributed by atoms with Crippen molar-refractivity contribution in [2.24, 2.45) is 5.73 Å². The van der Waals surface area contributed by atoms with Crippen LogP contribution in [0, 0.1) is 6.92 Å².